The van der Waals surface area contributed by atoms with Gasteiger partial charge < -0.3 is 5.32 Å². The lowest BCUT2D eigenvalue weighted by Crippen LogP contribution is -2.28. The highest BCUT2D eigenvalue weighted by Crippen LogP contribution is 2.22. The average molecular weight is 409 g/mol. The van der Waals surface area contributed by atoms with Crippen LogP contribution in [-0.2, 0) is 10.0 Å². The summed E-state index contributed by atoms with van der Waals surface area (Å²) in [5.41, 5.74) is 3.13. The Balaban J connectivity index is 1.76. The topological polar surface area (TPSA) is 66.5 Å². The third-order valence-electron chi connectivity index (χ3n) is 4.90. The molecule has 0 heterocycles. The fourth-order valence-corrected chi connectivity index (χ4v) is 4.34. The second-order valence-electron chi connectivity index (χ2n) is 6.88. The number of anilines is 1. The van der Waals surface area contributed by atoms with Crippen molar-refractivity contribution in [1.82, 2.24) is 5.32 Å². The summed E-state index contributed by atoms with van der Waals surface area (Å²) in [5.74, 6) is -0.249. The maximum Gasteiger partial charge on any atom is 0.264 e. The van der Waals surface area contributed by atoms with Gasteiger partial charge in [-0.1, -0.05) is 42.5 Å². The number of amides is 1. The lowest BCUT2D eigenvalue weighted by molar-refractivity contribution is 0.0939. The van der Waals surface area contributed by atoms with E-state index in [2.05, 4.69) is 5.32 Å². The number of para-hydroxylation sites is 1. The lowest BCUT2D eigenvalue weighted by atomic mass is 10.0. The zero-order valence-electron chi connectivity index (χ0n) is 16.7. The van der Waals surface area contributed by atoms with Crippen LogP contribution in [0.15, 0.2) is 83.8 Å². The van der Waals surface area contributed by atoms with Gasteiger partial charge in [0.15, 0.2) is 0 Å². The molecule has 150 valence electrons. The number of carbonyl (C=O) groups excluding carboxylic acids is 1. The van der Waals surface area contributed by atoms with Crippen molar-refractivity contribution in [3.8, 4) is 0 Å². The number of rotatable bonds is 6. The van der Waals surface area contributed by atoms with Gasteiger partial charge in [0.2, 0.25) is 0 Å². The smallest absolute Gasteiger partial charge is 0.264 e. The standard InChI is InChI=1S/C23H24N2O3S/c1-17-9-7-8-12-22(17)18(2)24-23(26)19-13-15-21(16-14-19)29(27,28)25(3)20-10-5-4-6-11-20/h4-16,18H,1-3H3,(H,24,26). The Kier molecular flexibility index (Phi) is 6.03. The largest absolute Gasteiger partial charge is 0.346 e. The molecule has 0 saturated carbocycles. The zero-order chi connectivity index (χ0) is 21.0. The quantitative estimate of drug-likeness (QED) is 0.661. The molecule has 29 heavy (non-hydrogen) atoms. The van der Waals surface area contributed by atoms with Crippen molar-refractivity contribution in [2.75, 3.05) is 11.4 Å². The molecule has 3 rings (SSSR count). The first-order chi connectivity index (χ1) is 13.8. The van der Waals surface area contributed by atoms with E-state index in [4.69, 9.17) is 0 Å². The molecule has 1 atom stereocenters. The predicted octanol–water partition coefficient (Wildman–Crippen LogP) is 4.31. The zero-order valence-corrected chi connectivity index (χ0v) is 17.5. The van der Waals surface area contributed by atoms with E-state index in [1.807, 2.05) is 44.2 Å². The molecule has 0 aliphatic carbocycles. The minimum Gasteiger partial charge on any atom is -0.346 e. The van der Waals surface area contributed by atoms with Crippen molar-refractivity contribution in [3.63, 3.8) is 0 Å². The average Bonchev–Trinajstić information content (AvgIpc) is 2.74. The number of hydrogen-bond donors (Lipinski definition) is 1. The summed E-state index contributed by atoms with van der Waals surface area (Å²) >= 11 is 0. The third-order valence-corrected chi connectivity index (χ3v) is 6.70. The fourth-order valence-electron chi connectivity index (χ4n) is 3.14. The molecule has 0 aliphatic rings. The maximum atomic E-state index is 12.8. The highest BCUT2D eigenvalue weighted by molar-refractivity contribution is 7.92. The second-order valence-corrected chi connectivity index (χ2v) is 8.85. The molecule has 0 radical (unpaired) electrons. The molecular formula is C23H24N2O3S. The van der Waals surface area contributed by atoms with Crippen molar-refractivity contribution in [2.45, 2.75) is 24.8 Å². The molecule has 3 aromatic rings. The van der Waals surface area contributed by atoms with Gasteiger partial charge in [-0.3, -0.25) is 9.10 Å². The van der Waals surface area contributed by atoms with Crippen LogP contribution in [0.5, 0.6) is 0 Å². The Morgan fingerprint density at radius 3 is 2.10 bits per heavy atom. The minimum atomic E-state index is -3.70. The number of carbonyl (C=O) groups is 1. The summed E-state index contributed by atoms with van der Waals surface area (Å²) in [6.07, 6.45) is 0. The van der Waals surface area contributed by atoms with E-state index in [1.54, 1.807) is 24.3 Å². The van der Waals surface area contributed by atoms with Crippen molar-refractivity contribution in [1.29, 1.82) is 0 Å². The van der Waals surface area contributed by atoms with E-state index in [-0.39, 0.29) is 16.8 Å². The van der Waals surface area contributed by atoms with Crippen LogP contribution in [0.25, 0.3) is 0 Å². The molecule has 5 nitrogen and oxygen atoms in total. The van der Waals surface area contributed by atoms with E-state index in [0.29, 0.717) is 11.3 Å². The number of nitrogens with one attached hydrogen (secondary N) is 1. The molecule has 0 aliphatic heterocycles. The molecule has 0 saturated heterocycles. The first kappa shape index (κ1) is 20.6. The monoisotopic (exact) mass is 408 g/mol. The summed E-state index contributed by atoms with van der Waals surface area (Å²) < 4.78 is 26.9. The van der Waals surface area contributed by atoms with Gasteiger partial charge in [0.25, 0.3) is 15.9 Å². The molecule has 0 spiro atoms. The minimum absolute atomic E-state index is 0.132. The van der Waals surface area contributed by atoms with Gasteiger partial charge in [-0.25, -0.2) is 8.42 Å². The van der Waals surface area contributed by atoms with Gasteiger partial charge in [-0.15, -0.1) is 0 Å². The van der Waals surface area contributed by atoms with Gasteiger partial charge in [-0.05, 0) is 61.4 Å². The number of nitrogens with zero attached hydrogens (tertiary/aromatic N) is 1. The Morgan fingerprint density at radius 2 is 1.48 bits per heavy atom. The molecule has 0 bridgehead atoms. The summed E-state index contributed by atoms with van der Waals surface area (Å²) in [4.78, 5) is 12.7. The number of hydrogen-bond acceptors (Lipinski definition) is 3. The molecule has 3 aromatic carbocycles. The summed E-state index contributed by atoms with van der Waals surface area (Å²) in [7, 11) is -2.20. The van der Waals surface area contributed by atoms with Crippen LogP contribution in [0.3, 0.4) is 0 Å². The maximum absolute atomic E-state index is 12.8. The second kappa shape index (κ2) is 8.49. The molecule has 1 amide bonds. The van der Waals surface area contributed by atoms with Gasteiger partial charge in [0.1, 0.15) is 0 Å². The Labute approximate surface area is 172 Å². The van der Waals surface area contributed by atoms with Crippen LogP contribution in [-0.4, -0.2) is 21.4 Å². The Morgan fingerprint density at radius 1 is 0.897 bits per heavy atom. The van der Waals surface area contributed by atoms with Crippen molar-refractivity contribution in [3.05, 3.63) is 95.6 Å². The summed E-state index contributed by atoms with van der Waals surface area (Å²) in [6.45, 7) is 3.93. The molecule has 6 heteroatoms. The van der Waals surface area contributed by atoms with Crippen LogP contribution >= 0.6 is 0 Å². The predicted molar refractivity (Wildman–Crippen MR) is 116 cm³/mol. The SMILES string of the molecule is Cc1ccccc1C(C)NC(=O)c1ccc(S(=O)(=O)N(C)c2ccccc2)cc1. The molecule has 0 aromatic heterocycles. The highest BCUT2D eigenvalue weighted by atomic mass is 32.2. The van der Waals surface area contributed by atoms with E-state index in [9.17, 15) is 13.2 Å². The molecule has 1 unspecified atom stereocenters. The highest BCUT2D eigenvalue weighted by Gasteiger charge is 2.22. The van der Waals surface area contributed by atoms with Crippen molar-refractivity contribution in [2.24, 2.45) is 0 Å². The number of sulfonamides is 1. The fraction of sp³-hybridized carbons (Fsp3) is 0.174. The van der Waals surface area contributed by atoms with Crippen LogP contribution in [0.4, 0.5) is 5.69 Å². The summed E-state index contributed by atoms with van der Waals surface area (Å²) in [5, 5.41) is 2.96. The molecular weight excluding hydrogens is 384 g/mol. The Hall–Kier alpha value is -3.12. The first-order valence-electron chi connectivity index (χ1n) is 9.31. The summed E-state index contributed by atoms with van der Waals surface area (Å²) in [6, 6.07) is 22.6. The van der Waals surface area contributed by atoms with Crippen LogP contribution in [0.2, 0.25) is 0 Å². The first-order valence-corrected chi connectivity index (χ1v) is 10.7. The normalized spacial score (nSPS) is 12.2. The van der Waals surface area contributed by atoms with Gasteiger partial charge in [-0.2, -0.15) is 0 Å². The molecule has 1 N–H and O–H groups in total. The van der Waals surface area contributed by atoms with E-state index in [0.717, 1.165) is 11.1 Å². The van der Waals surface area contributed by atoms with Crippen molar-refractivity contribution >= 4 is 21.6 Å². The number of aryl methyl sites for hydroxylation is 1. The third kappa shape index (κ3) is 4.49. The van der Waals surface area contributed by atoms with Gasteiger partial charge in [0.05, 0.1) is 16.6 Å². The van der Waals surface area contributed by atoms with Crippen LogP contribution in [0, 0.1) is 6.92 Å². The lowest BCUT2D eigenvalue weighted by Gasteiger charge is -2.20. The Bertz CT molecular complexity index is 1090. The van der Waals surface area contributed by atoms with Gasteiger partial charge in [0, 0.05) is 12.6 Å². The molecule has 0 fully saturated rings. The van der Waals surface area contributed by atoms with Gasteiger partial charge >= 0.3 is 0 Å². The van der Waals surface area contributed by atoms with E-state index >= 15 is 0 Å². The van der Waals surface area contributed by atoms with Crippen LogP contribution in [0.1, 0.15) is 34.5 Å². The van der Waals surface area contributed by atoms with E-state index < -0.39 is 10.0 Å². The van der Waals surface area contributed by atoms with Crippen LogP contribution < -0.4 is 9.62 Å². The van der Waals surface area contributed by atoms with E-state index in [1.165, 1.54) is 35.6 Å². The van der Waals surface area contributed by atoms with Crippen molar-refractivity contribution < 1.29 is 13.2 Å². The number of benzene rings is 3.